The van der Waals surface area contributed by atoms with E-state index in [1.54, 1.807) is 23.1 Å². The smallest absolute Gasteiger partial charge is 0.406 e. The number of halogens is 4. The Morgan fingerprint density at radius 1 is 1.03 bits per heavy atom. The monoisotopic (exact) mass is 514 g/mol. The quantitative estimate of drug-likeness (QED) is 0.378. The molecule has 0 saturated carbocycles. The second-order valence-electron chi connectivity index (χ2n) is 8.48. The molecule has 2 N–H and O–H groups in total. The average Bonchev–Trinajstić information content (AvgIpc) is 3.32. The molecule has 2 aromatic heterocycles. The van der Waals surface area contributed by atoms with Crippen molar-refractivity contribution < 1.29 is 27.1 Å². The highest BCUT2D eigenvalue weighted by molar-refractivity contribution is 5.92. The van der Waals surface area contributed by atoms with Crippen LogP contribution in [0.4, 0.5) is 28.2 Å². The Kier molecular flexibility index (Phi) is 6.55. The first-order valence-corrected chi connectivity index (χ1v) is 11.5. The van der Waals surface area contributed by atoms with Crippen LogP contribution in [-0.2, 0) is 6.54 Å². The van der Waals surface area contributed by atoms with E-state index >= 15 is 0 Å². The first kappa shape index (κ1) is 24.3. The highest BCUT2D eigenvalue weighted by Gasteiger charge is 2.31. The van der Waals surface area contributed by atoms with Crippen molar-refractivity contribution in [2.45, 2.75) is 12.9 Å². The molecule has 0 spiro atoms. The number of nitrogens with one attached hydrogen (secondary N) is 2. The minimum Gasteiger partial charge on any atom is -0.406 e. The molecule has 3 heterocycles. The molecule has 2 amide bonds. The third-order valence-corrected chi connectivity index (χ3v) is 6.00. The Balaban J connectivity index is 1.20. The van der Waals surface area contributed by atoms with E-state index in [9.17, 15) is 22.4 Å². The Hall–Kier alpha value is -4.35. The van der Waals surface area contributed by atoms with Gasteiger partial charge in [0.1, 0.15) is 29.4 Å². The zero-order valence-corrected chi connectivity index (χ0v) is 19.4. The van der Waals surface area contributed by atoms with Crippen LogP contribution in [0, 0.1) is 5.82 Å². The van der Waals surface area contributed by atoms with Crippen molar-refractivity contribution in [1.29, 1.82) is 0 Å². The van der Waals surface area contributed by atoms with Gasteiger partial charge in [-0.2, -0.15) is 0 Å². The van der Waals surface area contributed by atoms with Crippen LogP contribution in [0.5, 0.6) is 5.75 Å². The minimum atomic E-state index is -4.78. The number of H-pyrrole nitrogens is 1. The Bertz CT molecular complexity index is 1400. The third-order valence-electron chi connectivity index (χ3n) is 6.00. The van der Waals surface area contributed by atoms with Gasteiger partial charge in [-0.3, -0.25) is 0 Å². The Labute approximate surface area is 208 Å². The van der Waals surface area contributed by atoms with Crippen LogP contribution in [0.3, 0.4) is 0 Å². The van der Waals surface area contributed by atoms with E-state index in [-0.39, 0.29) is 24.1 Å². The van der Waals surface area contributed by atoms with E-state index in [1.807, 2.05) is 6.07 Å². The predicted molar refractivity (Wildman–Crippen MR) is 128 cm³/mol. The molecule has 0 unspecified atom stereocenters. The lowest BCUT2D eigenvalue weighted by molar-refractivity contribution is -0.274. The number of anilines is 1. The standard InChI is InChI=1S/C25H22F4N6O2/c26-18-6-4-17(5-7-18)21-13-20-22(33-21)31-15-32-23(20)34-8-10-35(11-9-34)24(36)30-14-16-2-1-3-19(12-16)37-25(27,28)29/h1-7,12-13,15H,8-11,14H2,(H,30,36)(H,31,32,33). The van der Waals surface area contributed by atoms with Crippen LogP contribution in [0.25, 0.3) is 22.3 Å². The summed E-state index contributed by atoms with van der Waals surface area (Å²) in [5.41, 5.74) is 2.75. The fourth-order valence-corrected chi connectivity index (χ4v) is 4.23. The summed E-state index contributed by atoms with van der Waals surface area (Å²) in [5.74, 6) is 0.0822. The van der Waals surface area contributed by atoms with Crippen LogP contribution < -0.4 is 15.0 Å². The van der Waals surface area contributed by atoms with Gasteiger partial charge in [-0.25, -0.2) is 19.2 Å². The number of ether oxygens (including phenoxy) is 1. The first-order chi connectivity index (χ1) is 17.7. The largest absolute Gasteiger partial charge is 0.573 e. The summed E-state index contributed by atoms with van der Waals surface area (Å²) in [6, 6.07) is 13.3. The van der Waals surface area contributed by atoms with Gasteiger partial charge in [-0.05, 0) is 53.6 Å². The summed E-state index contributed by atoms with van der Waals surface area (Å²) in [6.07, 6.45) is -3.31. The molecular weight excluding hydrogens is 492 g/mol. The van der Waals surface area contributed by atoms with Crippen molar-refractivity contribution in [3.8, 4) is 17.0 Å². The number of aromatic amines is 1. The van der Waals surface area contributed by atoms with Gasteiger partial charge >= 0.3 is 12.4 Å². The molecule has 1 aliphatic rings. The van der Waals surface area contributed by atoms with Crippen LogP contribution in [0.1, 0.15) is 5.56 Å². The minimum absolute atomic E-state index is 0.0656. The fraction of sp³-hybridized carbons (Fsp3) is 0.240. The number of nitrogens with zero attached hydrogens (tertiary/aromatic N) is 4. The van der Waals surface area contributed by atoms with Crippen LogP contribution in [0.2, 0.25) is 0 Å². The zero-order valence-electron chi connectivity index (χ0n) is 19.4. The van der Waals surface area contributed by atoms with Crippen molar-refractivity contribution in [1.82, 2.24) is 25.2 Å². The third kappa shape index (κ3) is 5.74. The van der Waals surface area contributed by atoms with Crippen LogP contribution >= 0.6 is 0 Å². The van der Waals surface area contributed by atoms with E-state index < -0.39 is 6.36 Å². The van der Waals surface area contributed by atoms with Gasteiger partial charge in [0.15, 0.2) is 0 Å². The van der Waals surface area contributed by atoms with E-state index in [0.29, 0.717) is 37.4 Å². The summed E-state index contributed by atoms with van der Waals surface area (Å²) in [5, 5.41) is 3.56. The molecule has 0 bridgehead atoms. The number of hydrogen-bond acceptors (Lipinski definition) is 5. The molecule has 0 atom stereocenters. The molecular formula is C25H22F4N6O2. The molecule has 5 rings (SSSR count). The number of fused-ring (bicyclic) bond motifs is 1. The molecule has 1 aliphatic heterocycles. The number of piperazine rings is 1. The van der Waals surface area contributed by atoms with Crippen molar-refractivity contribution in [3.05, 3.63) is 72.3 Å². The summed E-state index contributed by atoms with van der Waals surface area (Å²) in [7, 11) is 0. The van der Waals surface area contributed by atoms with Gasteiger partial charge in [0, 0.05) is 38.4 Å². The lowest BCUT2D eigenvalue weighted by Gasteiger charge is -2.35. The number of carbonyl (C=O) groups is 1. The zero-order chi connectivity index (χ0) is 26.0. The van der Waals surface area contributed by atoms with E-state index in [4.69, 9.17) is 0 Å². The molecule has 8 nitrogen and oxygen atoms in total. The van der Waals surface area contributed by atoms with Crippen molar-refractivity contribution in [2.75, 3.05) is 31.1 Å². The maximum atomic E-state index is 13.3. The number of rotatable bonds is 5. The van der Waals surface area contributed by atoms with E-state index in [1.165, 1.54) is 36.7 Å². The highest BCUT2D eigenvalue weighted by atomic mass is 19.4. The van der Waals surface area contributed by atoms with Crippen molar-refractivity contribution >= 4 is 22.9 Å². The maximum absolute atomic E-state index is 13.3. The first-order valence-electron chi connectivity index (χ1n) is 11.5. The van der Waals surface area contributed by atoms with Gasteiger partial charge < -0.3 is 24.8 Å². The second kappa shape index (κ2) is 9.96. The molecule has 4 aromatic rings. The number of urea groups is 1. The molecule has 37 heavy (non-hydrogen) atoms. The Morgan fingerprint density at radius 2 is 1.78 bits per heavy atom. The molecule has 1 saturated heterocycles. The van der Waals surface area contributed by atoms with Crippen molar-refractivity contribution in [2.24, 2.45) is 0 Å². The summed E-state index contributed by atoms with van der Waals surface area (Å²) in [4.78, 5) is 28.4. The summed E-state index contributed by atoms with van der Waals surface area (Å²) in [6.45, 7) is 2.00. The predicted octanol–water partition coefficient (Wildman–Crippen LogP) is 4.69. The number of hydrogen-bond donors (Lipinski definition) is 2. The number of carbonyl (C=O) groups excluding carboxylic acids is 1. The van der Waals surface area contributed by atoms with Crippen molar-refractivity contribution in [3.63, 3.8) is 0 Å². The van der Waals surface area contributed by atoms with Gasteiger partial charge in [-0.15, -0.1) is 13.2 Å². The summed E-state index contributed by atoms with van der Waals surface area (Å²) < 4.78 is 54.5. The lowest BCUT2D eigenvalue weighted by Crippen LogP contribution is -2.52. The fourth-order valence-electron chi connectivity index (χ4n) is 4.23. The van der Waals surface area contributed by atoms with E-state index in [2.05, 4.69) is 29.9 Å². The number of amides is 2. The van der Waals surface area contributed by atoms with Gasteiger partial charge in [0.25, 0.3) is 0 Å². The average molecular weight is 514 g/mol. The second-order valence-corrected chi connectivity index (χ2v) is 8.48. The van der Waals surface area contributed by atoms with E-state index in [0.717, 1.165) is 22.5 Å². The van der Waals surface area contributed by atoms with Crippen LogP contribution in [0.15, 0.2) is 60.9 Å². The number of benzene rings is 2. The molecule has 2 aromatic carbocycles. The Morgan fingerprint density at radius 3 is 2.51 bits per heavy atom. The lowest BCUT2D eigenvalue weighted by atomic mass is 10.1. The van der Waals surface area contributed by atoms with Crippen LogP contribution in [-0.4, -0.2) is 58.4 Å². The molecule has 0 aliphatic carbocycles. The number of alkyl halides is 3. The van der Waals surface area contributed by atoms with Gasteiger partial charge in [0.2, 0.25) is 0 Å². The van der Waals surface area contributed by atoms with Gasteiger partial charge in [0.05, 0.1) is 5.39 Å². The summed E-state index contributed by atoms with van der Waals surface area (Å²) >= 11 is 0. The maximum Gasteiger partial charge on any atom is 0.573 e. The molecule has 1 fully saturated rings. The topological polar surface area (TPSA) is 86.4 Å². The molecule has 192 valence electrons. The van der Waals surface area contributed by atoms with Gasteiger partial charge in [-0.1, -0.05) is 12.1 Å². The molecule has 12 heteroatoms. The SMILES string of the molecule is O=C(NCc1cccc(OC(F)(F)F)c1)N1CCN(c2ncnc3[nH]c(-c4ccc(F)cc4)cc23)CC1. The molecule has 0 radical (unpaired) electrons. The number of aromatic nitrogens is 3. The highest BCUT2D eigenvalue weighted by Crippen LogP contribution is 2.29. The normalized spacial score (nSPS) is 14.2.